The van der Waals surface area contributed by atoms with Crippen molar-refractivity contribution >= 4 is 15.9 Å². The lowest BCUT2D eigenvalue weighted by molar-refractivity contribution is 0.280. The predicted octanol–water partition coefficient (Wildman–Crippen LogP) is 3.45. The quantitative estimate of drug-likeness (QED) is 0.936. The Morgan fingerprint density at radius 2 is 2.05 bits per heavy atom. The van der Waals surface area contributed by atoms with E-state index in [-0.39, 0.29) is 6.61 Å². The molecule has 0 fully saturated rings. The Balaban J connectivity index is 2.32. The first-order valence-electron chi connectivity index (χ1n) is 5.72. The van der Waals surface area contributed by atoms with Gasteiger partial charge in [0.05, 0.1) is 13.7 Å². The molecule has 0 unspecified atom stereocenters. The van der Waals surface area contributed by atoms with Crippen molar-refractivity contribution in [2.24, 2.45) is 0 Å². The lowest BCUT2D eigenvalue weighted by Crippen LogP contribution is -1.95. The minimum absolute atomic E-state index is 0.0355. The van der Waals surface area contributed by atoms with Gasteiger partial charge in [-0.1, -0.05) is 6.07 Å². The number of aryl methyl sites for hydroxylation is 1. The SMILES string of the molecule is COc1cc(CO)ccc1Oc1ncc(Br)cc1C. The Morgan fingerprint density at radius 3 is 2.68 bits per heavy atom. The average molecular weight is 324 g/mol. The van der Waals surface area contributed by atoms with E-state index in [1.54, 1.807) is 31.5 Å². The maximum Gasteiger partial charge on any atom is 0.222 e. The summed E-state index contributed by atoms with van der Waals surface area (Å²) in [6.45, 7) is 1.88. The van der Waals surface area contributed by atoms with E-state index in [9.17, 15) is 0 Å². The lowest BCUT2D eigenvalue weighted by Gasteiger charge is -2.12. The van der Waals surface area contributed by atoms with E-state index in [4.69, 9.17) is 14.6 Å². The van der Waals surface area contributed by atoms with E-state index in [1.807, 2.05) is 13.0 Å². The molecule has 0 amide bonds. The Labute approximate surface area is 120 Å². The maximum atomic E-state index is 9.10. The standard InChI is InChI=1S/C14H14BrNO3/c1-9-5-11(15)7-16-14(9)19-12-4-3-10(8-17)6-13(12)18-2/h3-7,17H,8H2,1-2H3. The molecule has 0 aliphatic rings. The molecule has 0 saturated carbocycles. The van der Waals surface area contributed by atoms with Gasteiger partial charge in [-0.25, -0.2) is 4.98 Å². The van der Waals surface area contributed by atoms with Crippen LogP contribution in [-0.4, -0.2) is 17.2 Å². The normalized spacial score (nSPS) is 10.3. The van der Waals surface area contributed by atoms with Crippen molar-refractivity contribution in [2.75, 3.05) is 7.11 Å². The van der Waals surface area contributed by atoms with Crippen LogP contribution < -0.4 is 9.47 Å². The Kier molecular flexibility index (Phi) is 4.39. The third-order valence-electron chi connectivity index (χ3n) is 2.61. The van der Waals surface area contributed by atoms with Gasteiger partial charge >= 0.3 is 0 Å². The minimum atomic E-state index is -0.0355. The first kappa shape index (κ1) is 13.8. The van der Waals surface area contributed by atoms with Gasteiger partial charge < -0.3 is 14.6 Å². The van der Waals surface area contributed by atoms with E-state index >= 15 is 0 Å². The summed E-state index contributed by atoms with van der Waals surface area (Å²) in [6, 6.07) is 7.21. The maximum absolute atomic E-state index is 9.10. The molecular formula is C14H14BrNO3. The summed E-state index contributed by atoms with van der Waals surface area (Å²) in [6.07, 6.45) is 1.68. The number of ether oxygens (including phenoxy) is 2. The van der Waals surface area contributed by atoms with Crippen molar-refractivity contribution in [3.63, 3.8) is 0 Å². The van der Waals surface area contributed by atoms with Crippen LogP contribution in [0.15, 0.2) is 34.9 Å². The van der Waals surface area contributed by atoms with Crippen LogP contribution in [0.2, 0.25) is 0 Å². The molecule has 100 valence electrons. The first-order valence-corrected chi connectivity index (χ1v) is 6.51. The zero-order valence-corrected chi connectivity index (χ0v) is 12.3. The van der Waals surface area contributed by atoms with Crippen LogP contribution in [-0.2, 0) is 6.61 Å². The summed E-state index contributed by atoms with van der Waals surface area (Å²) in [7, 11) is 1.56. The third-order valence-corrected chi connectivity index (χ3v) is 3.05. The van der Waals surface area contributed by atoms with Crippen LogP contribution in [0.4, 0.5) is 0 Å². The van der Waals surface area contributed by atoms with E-state index in [1.165, 1.54) is 0 Å². The van der Waals surface area contributed by atoms with Crippen LogP contribution >= 0.6 is 15.9 Å². The molecule has 0 atom stereocenters. The molecule has 19 heavy (non-hydrogen) atoms. The topological polar surface area (TPSA) is 51.6 Å². The third kappa shape index (κ3) is 3.24. The van der Waals surface area contributed by atoms with Gasteiger partial charge in [0.2, 0.25) is 5.88 Å². The second kappa shape index (κ2) is 6.04. The molecule has 1 heterocycles. The number of nitrogens with zero attached hydrogens (tertiary/aromatic N) is 1. The summed E-state index contributed by atoms with van der Waals surface area (Å²) >= 11 is 3.36. The summed E-state index contributed by atoms with van der Waals surface area (Å²) in [5, 5.41) is 9.10. The van der Waals surface area contributed by atoms with Crippen molar-refractivity contribution in [1.29, 1.82) is 0 Å². The number of pyridine rings is 1. The van der Waals surface area contributed by atoms with Gasteiger partial charge in [-0.3, -0.25) is 0 Å². The molecule has 5 heteroatoms. The summed E-state index contributed by atoms with van der Waals surface area (Å²) < 4.78 is 11.9. The summed E-state index contributed by atoms with van der Waals surface area (Å²) in [5.41, 5.74) is 1.69. The van der Waals surface area contributed by atoms with Crippen LogP contribution in [0.3, 0.4) is 0 Å². The Bertz CT molecular complexity index is 587. The minimum Gasteiger partial charge on any atom is -0.493 e. The fourth-order valence-electron chi connectivity index (χ4n) is 1.63. The van der Waals surface area contributed by atoms with Crippen LogP contribution in [0.25, 0.3) is 0 Å². The van der Waals surface area contributed by atoms with E-state index in [0.717, 1.165) is 15.6 Å². The highest BCUT2D eigenvalue weighted by Gasteiger charge is 2.09. The zero-order valence-electron chi connectivity index (χ0n) is 10.7. The van der Waals surface area contributed by atoms with Gasteiger partial charge in [0.1, 0.15) is 0 Å². The van der Waals surface area contributed by atoms with Crippen LogP contribution in [0.1, 0.15) is 11.1 Å². The number of benzene rings is 1. The molecule has 1 N–H and O–H groups in total. The highest BCUT2D eigenvalue weighted by Crippen LogP contribution is 2.33. The Hall–Kier alpha value is -1.59. The number of hydrogen-bond donors (Lipinski definition) is 1. The molecule has 0 aliphatic heterocycles. The highest BCUT2D eigenvalue weighted by atomic mass is 79.9. The molecule has 0 saturated heterocycles. The second-order valence-electron chi connectivity index (χ2n) is 4.02. The monoisotopic (exact) mass is 323 g/mol. The molecule has 0 spiro atoms. The number of aliphatic hydroxyl groups is 1. The van der Waals surface area contributed by atoms with Gasteiger partial charge in [-0.2, -0.15) is 0 Å². The van der Waals surface area contributed by atoms with E-state index in [2.05, 4.69) is 20.9 Å². The predicted molar refractivity (Wildman–Crippen MR) is 75.7 cm³/mol. The number of hydrogen-bond acceptors (Lipinski definition) is 4. The molecule has 0 aliphatic carbocycles. The average Bonchev–Trinajstić information content (AvgIpc) is 2.42. The van der Waals surface area contributed by atoms with Crippen molar-refractivity contribution < 1.29 is 14.6 Å². The fourth-order valence-corrected chi connectivity index (χ4v) is 2.08. The molecule has 0 radical (unpaired) electrons. The van der Waals surface area contributed by atoms with E-state index < -0.39 is 0 Å². The zero-order chi connectivity index (χ0) is 13.8. The number of aromatic nitrogens is 1. The van der Waals surface area contributed by atoms with Crippen molar-refractivity contribution in [3.8, 4) is 17.4 Å². The molecule has 4 nitrogen and oxygen atoms in total. The Morgan fingerprint density at radius 1 is 1.26 bits per heavy atom. The fraction of sp³-hybridized carbons (Fsp3) is 0.214. The first-order chi connectivity index (χ1) is 9.13. The van der Waals surface area contributed by atoms with Crippen molar-refractivity contribution in [1.82, 2.24) is 4.98 Å². The molecule has 1 aromatic heterocycles. The van der Waals surface area contributed by atoms with Crippen LogP contribution in [0, 0.1) is 6.92 Å². The highest BCUT2D eigenvalue weighted by molar-refractivity contribution is 9.10. The molecule has 2 rings (SSSR count). The van der Waals surface area contributed by atoms with Gasteiger partial charge in [0, 0.05) is 16.2 Å². The van der Waals surface area contributed by atoms with Gasteiger partial charge in [0.15, 0.2) is 11.5 Å². The molecule has 1 aromatic carbocycles. The van der Waals surface area contributed by atoms with Crippen molar-refractivity contribution in [2.45, 2.75) is 13.5 Å². The number of rotatable bonds is 4. The molecule has 2 aromatic rings. The van der Waals surface area contributed by atoms with Gasteiger partial charge in [-0.15, -0.1) is 0 Å². The van der Waals surface area contributed by atoms with Gasteiger partial charge in [0.25, 0.3) is 0 Å². The largest absolute Gasteiger partial charge is 0.493 e. The second-order valence-corrected chi connectivity index (χ2v) is 4.94. The number of methoxy groups -OCH3 is 1. The van der Waals surface area contributed by atoms with Crippen LogP contribution in [0.5, 0.6) is 17.4 Å². The smallest absolute Gasteiger partial charge is 0.222 e. The summed E-state index contributed by atoms with van der Waals surface area (Å²) in [5.74, 6) is 1.66. The number of aliphatic hydroxyl groups excluding tert-OH is 1. The van der Waals surface area contributed by atoms with E-state index in [0.29, 0.717) is 17.4 Å². The summed E-state index contributed by atoms with van der Waals surface area (Å²) in [4.78, 5) is 4.22. The number of halogens is 1. The molecular weight excluding hydrogens is 310 g/mol. The van der Waals surface area contributed by atoms with Gasteiger partial charge in [-0.05, 0) is 46.6 Å². The van der Waals surface area contributed by atoms with Crippen molar-refractivity contribution in [3.05, 3.63) is 46.1 Å². The lowest BCUT2D eigenvalue weighted by atomic mass is 10.2. The molecule has 0 bridgehead atoms.